The van der Waals surface area contributed by atoms with Crippen molar-refractivity contribution >= 4 is 5.96 Å². The quantitative estimate of drug-likeness (QED) is 0.483. The van der Waals surface area contributed by atoms with Crippen LogP contribution in [0.3, 0.4) is 0 Å². The van der Waals surface area contributed by atoms with E-state index in [0.29, 0.717) is 18.4 Å². The second kappa shape index (κ2) is 10.3. The minimum absolute atomic E-state index is 0.236. The zero-order chi connectivity index (χ0) is 17.2. The van der Waals surface area contributed by atoms with Crippen LogP contribution in [0.1, 0.15) is 50.7 Å². The van der Waals surface area contributed by atoms with Crippen molar-refractivity contribution in [2.24, 2.45) is 16.8 Å². The Hall–Kier alpha value is -1.49. The highest BCUT2D eigenvalue weighted by Crippen LogP contribution is 2.15. The highest BCUT2D eigenvalue weighted by molar-refractivity contribution is 5.79. The Morgan fingerprint density at radius 3 is 2.57 bits per heavy atom. The molecule has 3 N–H and O–H groups in total. The molecule has 0 spiro atoms. The molecule has 0 aliphatic carbocycles. The molecule has 0 radical (unpaired) electrons. The van der Waals surface area contributed by atoms with Gasteiger partial charge in [-0.25, -0.2) is 4.99 Å². The third-order valence-corrected chi connectivity index (χ3v) is 3.80. The van der Waals surface area contributed by atoms with Gasteiger partial charge < -0.3 is 20.2 Å². The maximum absolute atomic E-state index is 9.22. The van der Waals surface area contributed by atoms with Gasteiger partial charge in [0.1, 0.15) is 11.5 Å². The van der Waals surface area contributed by atoms with Crippen LogP contribution >= 0.6 is 0 Å². The van der Waals surface area contributed by atoms with E-state index in [1.54, 1.807) is 0 Å². The first-order chi connectivity index (χ1) is 11.0. The third kappa shape index (κ3) is 7.55. The molecule has 0 saturated heterocycles. The number of furan rings is 1. The summed E-state index contributed by atoms with van der Waals surface area (Å²) in [5.74, 6) is 3.76. The van der Waals surface area contributed by atoms with Crippen molar-refractivity contribution in [1.29, 1.82) is 0 Å². The Kier molecular flexibility index (Phi) is 8.77. The molecular weight excluding hydrogens is 290 g/mol. The lowest BCUT2D eigenvalue weighted by Gasteiger charge is -2.20. The lowest BCUT2D eigenvalue weighted by Crippen LogP contribution is -2.40. The lowest BCUT2D eigenvalue weighted by atomic mass is 9.94. The largest absolute Gasteiger partial charge is 0.466 e. The van der Waals surface area contributed by atoms with E-state index in [1.807, 2.05) is 19.9 Å². The first-order valence-corrected chi connectivity index (χ1v) is 8.65. The number of aliphatic imine (C=N–C) groups is 1. The molecule has 5 nitrogen and oxygen atoms in total. The summed E-state index contributed by atoms with van der Waals surface area (Å²) in [5, 5.41) is 15.9. The van der Waals surface area contributed by atoms with Crippen LogP contribution in [-0.4, -0.2) is 30.8 Å². The van der Waals surface area contributed by atoms with Gasteiger partial charge in [-0.05, 0) is 51.5 Å². The first-order valence-electron chi connectivity index (χ1n) is 8.65. The van der Waals surface area contributed by atoms with Crippen molar-refractivity contribution in [3.63, 3.8) is 0 Å². The molecule has 0 bridgehead atoms. The molecule has 132 valence electrons. The Labute approximate surface area is 140 Å². The number of guanidine groups is 1. The molecule has 0 fully saturated rings. The lowest BCUT2D eigenvalue weighted by molar-refractivity contribution is 0.243. The summed E-state index contributed by atoms with van der Waals surface area (Å²) in [6.45, 7) is 12.9. The average Bonchev–Trinajstić information content (AvgIpc) is 2.79. The topological polar surface area (TPSA) is 69.8 Å². The highest BCUT2D eigenvalue weighted by Gasteiger charge is 2.11. The van der Waals surface area contributed by atoms with Crippen molar-refractivity contribution in [3.8, 4) is 0 Å². The van der Waals surface area contributed by atoms with Crippen LogP contribution < -0.4 is 10.6 Å². The van der Waals surface area contributed by atoms with Crippen molar-refractivity contribution in [2.45, 2.75) is 54.0 Å². The fourth-order valence-corrected chi connectivity index (χ4v) is 2.74. The SMILES string of the molecule is CCNC(=NCc1cc(C)oc1C)NCC(CCO)CC(C)C. The van der Waals surface area contributed by atoms with Crippen LogP contribution in [0.15, 0.2) is 15.5 Å². The number of hydrogen-bond acceptors (Lipinski definition) is 3. The number of nitrogens with one attached hydrogen (secondary N) is 2. The Bertz CT molecular complexity index is 481. The summed E-state index contributed by atoms with van der Waals surface area (Å²) in [6, 6.07) is 2.04. The zero-order valence-corrected chi connectivity index (χ0v) is 15.3. The predicted octanol–water partition coefficient (Wildman–Crippen LogP) is 3.00. The van der Waals surface area contributed by atoms with Gasteiger partial charge in [-0.15, -0.1) is 0 Å². The predicted molar refractivity (Wildman–Crippen MR) is 95.6 cm³/mol. The molecule has 1 aromatic heterocycles. The third-order valence-electron chi connectivity index (χ3n) is 3.80. The van der Waals surface area contributed by atoms with Crippen molar-refractivity contribution in [3.05, 3.63) is 23.2 Å². The Balaban J connectivity index is 2.62. The summed E-state index contributed by atoms with van der Waals surface area (Å²) in [7, 11) is 0. The fraction of sp³-hybridized carbons (Fsp3) is 0.722. The minimum atomic E-state index is 0.236. The molecule has 0 aliphatic rings. The van der Waals surface area contributed by atoms with Crippen LogP contribution in [0.2, 0.25) is 0 Å². The van der Waals surface area contributed by atoms with Gasteiger partial charge in [0.25, 0.3) is 0 Å². The van der Waals surface area contributed by atoms with Gasteiger partial charge in [-0.3, -0.25) is 0 Å². The zero-order valence-electron chi connectivity index (χ0n) is 15.3. The van der Waals surface area contributed by atoms with E-state index in [2.05, 4.69) is 36.4 Å². The number of hydrogen-bond donors (Lipinski definition) is 3. The summed E-state index contributed by atoms with van der Waals surface area (Å²) >= 11 is 0. The van der Waals surface area contributed by atoms with E-state index < -0.39 is 0 Å². The molecule has 0 aromatic carbocycles. The second-order valence-corrected chi connectivity index (χ2v) is 6.52. The van der Waals surface area contributed by atoms with Crippen LogP contribution in [-0.2, 0) is 6.54 Å². The molecule has 1 unspecified atom stereocenters. The molecule has 1 rings (SSSR count). The van der Waals surface area contributed by atoms with Crippen LogP contribution in [0.5, 0.6) is 0 Å². The van der Waals surface area contributed by atoms with Gasteiger partial charge in [-0.2, -0.15) is 0 Å². The monoisotopic (exact) mass is 323 g/mol. The van der Waals surface area contributed by atoms with E-state index in [4.69, 9.17) is 4.42 Å². The maximum atomic E-state index is 9.22. The van der Waals surface area contributed by atoms with Crippen molar-refractivity contribution < 1.29 is 9.52 Å². The second-order valence-electron chi connectivity index (χ2n) is 6.52. The summed E-state index contributed by atoms with van der Waals surface area (Å²) in [6.07, 6.45) is 1.93. The molecule has 0 amide bonds. The number of aliphatic hydroxyl groups excluding tert-OH is 1. The molecule has 1 heterocycles. The van der Waals surface area contributed by atoms with E-state index in [-0.39, 0.29) is 6.61 Å². The Morgan fingerprint density at radius 2 is 2.04 bits per heavy atom. The van der Waals surface area contributed by atoms with Crippen LogP contribution in [0.25, 0.3) is 0 Å². The van der Waals surface area contributed by atoms with Gasteiger partial charge in [0.05, 0.1) is 6.54 Å². The Morgan fingerprint density at radius 1 is 1.30 bits per heavy atom. The molecular formula is C18H33N3O2. The molecule has 0 aliphatic heterocycles. The average molecular weight is 323 g/mol. The summed E-state index contributed by atoms with van der Waals surface area (Å²) < 4.78 is 5.54. The van der Waals surface area contributed by atoms with Crippen LogP contribution in [0.4, 0.5) is 0 Å². The standard InChI is InChI=1S/C18H33N3O2/c1-6-19-18(20-11-16(7-8-22)9-13(2)3)21-12-17-10-14(4)23-15(17)5/h10,13,16,22H,6-9,11-12H2,1-5H3,(H2,19,20,21). The van der Waals surface area contributed by atoms with E-state index in [9.17, 15) is 5.11 Å². The highest BCUT2D eigenvalue weighted by atomic mass is 16.3. The molecule has 0 saturated carbocycles. The summed E-state index contributed by atoms with van der Waals surface area (Å²) in [4.78, 5) is 4.64. The molecule has 5 heteroatoms. The minimum Gasteiger partial charge on any atom is -0.466 e. The van der Waals surface area contributed by atoms with E-state index in [0.717, 1.165) is 49.0 Å². The van der Waals surface area contributed by atoms with Gasteiger partial charge >= 0.3 is 0 Å². The number of nitrogens with zero attached hydrogens (tertiary/aromatic N) is 1. The van der Waals surface area contributed by atoms with Gasteiger partial charge in [0.15, 0.2) is 5.96 Å². The molecule has 1 aromatic rings. The van der Waals surface area contributed by atoms with E-state index >= 15 is 0 Å². The van der Waals surface area contributed by atoms with Crippen molar-refractivity contribution in [1.82, 2.24) is 10.6 Å². The number of rotatable bonds is 9. The van der Waals surface area contributed by atoms with Gasteiger partial charge in [-0.1, -0.05) is 13.8 Å². The summed E-state index contributed by atoms with van der Waals surface area (Å²) in [5.41, 5.74) is 1.12. The molecule has 23 heavy (non-hydrogen) atoms. The first kappa shape index (κ1) is 19.6. The van der Waals surface area contributed by atoms with Gasteiger partial charge in [0, 0.05) is 25.3 Å². The van der Waals surface area contributed by atoms with E-state index in [1.165, 1.54) is 0 Å². The number of aryl methyl sites for hydroxylation is 2. The molecule has 1 atom stereocenters. The van der Waals surface area contributed by atoms with Gasteiger partial charge in [0.2, 0.25) is 0 Å². The smallest absolute Gasteiger partial charge is 0.191 e. The maximum Gasteiger partial charge on any atom is 0.191 e. The van der Waals surface area contributed by atoms with Crippen molar-refractivity contribution in [2.75, 3.05) is 19.7 Å². The fourth-order valence-electron chi connectivity index (χ4n) is 2.74. The normalized spacial score (nSPS) is 13.4. The van der Waals surface area contributed by atoms with Crippen LogP contribution in [0, 0.1) is 25.7 Å². The number of aliphatic hydroxyl groups is 1.